The number of aryl methyl sites for hydroxylation is 1. The molecule has 1 unspecified atom stereocenters. The molecule has 3 rings (SSSR count). The Morgan fingerprint density at radius 3 is 2.52 bits per heavy atom. The van der Waals surface area contributed by atoms with Gasteiger partial charge in [0, 0.05) is 12.4 Å². The molecule has 0 fully saturated rings. The SMILES string of the molecule is CC(C)c1nn(C)c2sc(C(=O)NC(C(=O)O)c3ccccc3)cc12. The standard InChI is InChI=1S/C18H19N3O3S/c1-10(2)14-12-9-13(25-17(12)21(3)20-14)16(22)19-15(18(23)24)11-7-5-4-6-8-11/h4-10,15H,1-3H3,(H,19,22)(H,23,24). The number of carboxylic acid groups (broad SMARTS) is 1. The van der Waals surface area contributed by atoms with Gasteiger partial charge in [0.25, 0.3) is 5.91 Å². The number of aromatic nitrogens is 2. The van der Waals surface area contributed by atoms with E-state index in [4.69, 9.17) is 0 Å². The molecule has 0 spiro atoms. The number of rotatable bonds is 5. The molecule has 2 heterocycles. The number of carbonyl (C=O) groups excluding carboxylic acids is 1. The van der Waals surface area contributed by atoms with Crippen molar-refractivity contribution in [3.05, 3.63) is 52.5 Å². The Hall–Kier alpha value is -2.67. The fourth-order valence-corrected chi connectivity index (χ4v) is 3.72. The summed E-state index contributed by atoms with van der Waals surface area (Å²) in [6, 6.07) is 9.38. The predicted molar refractivity (Wildman–Crippen MR) is 97.0 cm³/mol. The number of nitrogens with one attached hydrogen (secondary N) is 1. The highest BCUT2D eigenvalue weighted by Gasteiger charge is 2.24. The fourth-order valence-electron chi connectivity index (χ4n) is 2.74. The highest BCUT2D eigenvalue weighted by atomic mass is 32.1. The average Bonchev–Trinajstić information content (AvgIpc) is 3.14. The van der Waals surface area contributed by atoms with Crippen molar-refractivity contribution >= 4 is 33.4 Å². The van der Waals surface area contributed by atoms with Gasteiger partial charge < -0.3 is 10.4 Å². The van der Waals surface area contributed by atoms with Crippen molar-refractivity contribution in [3.63, 3.8) is 0 Å². The molecule has 2 N–H and O–H groups in total. The van der Waals surface area contributed by atoms with Crippen molar-refractivity contribution in [2.45, 2.75) is 25.8 Å². The lowest BCUT2D eigenvalue weighted by Crippen LogP contribution is -2.33. The first-order chi connectivity index (χ1) is 11.9. The Kier molecular flexibility index (Phi) is 4.59. The van der Waals surface area contributed by atoms with Gasteiger partial charge in [-0.15, -0.1) is 11.3 Å². The third kappa shape index (κ3) is 3.28. The van der Waals surface area contributed by atoms with Crippen LogP contribution in [0.2, 0.25) is 0 Å². The van der Waals surface area contributed by atoms with Crippen LogP contribution >= 0.6 is 11.3 Å². The molecule has 2 aromatic heterocycles. The number of benzene rings is 1. The highest BCUT2D eigenvalue weighted by Crippen LogP contribution is 2.31. The maximum absolute atomic E-state index is 12.6. The summed E-state index contributed by atoms with van der Waals surface area (Å²) in [5, 5.41) is 17.5. The molecular formula is C18H19N3O3S. The zero-order chi connectivity index (χ0) is 18.1. The van der Waals surface area contributed by atoms with E-state index in [2.05, 4.69) is 24.3 Å². The van der Waals surface area contributed by atoms with Crippen LogP contribution in [0, 0.1) is 0 Å². The van der Waals surface area contributed by atoms with Gasteiger partial charge in [-0.2, -0.15) is 5.10 Å². The zero-order valence-electron chi connectivity index (χ0n) is 14.2. The maximum Gasteiger partial charge on any atom is 0.330 e. The van der Waals surface area contributed by atoms with Crippen LogP contribution in [0.4, 0.5) is 0 Å². The zero-order valence-corrected chi connectivity index (χ0v) is 15.0. The van der Waals surface area contributed by atoms with Gasteiger partial charge in [0.2, 0.25) is 0 Å². The van der Waals surface area contributed by atoms with Crippen LogP contribution in [-0.4, -0.2) is 26.8 Å². The van der Waals surface area contributed by atoms with Crippen LogP contribution in [-0.2, 0) is 11.8 Å². The van der Waals surface area contributed by atoms with Gasteiger partial charge in [0.1, 0.15) is 4.83 Å². The molecule has 0 aliphatic carbocycles. The number of carbonyl (C=O) groups is 2. The van der Waals surface area contributed by atoms with E-state index in [1.807, 2.05) is 7.05 Å². The molecule has 0 saturated heterocycles. The second-order valence-corrected chi connectivity index (χ2v) is 7.18. The van der Waals surface area contributed by atoms with E-state index in [0.717, 1.165) is 15.9 Å². The summed E-state index contributed by atoms with van der Waals surface area (Å²) < 4.78 is 1.76. The number of amides is 1. The van der Waals surface area contributed by atoms with Crippen molar-refractivity contribution in [1.29, 1.82) is 0 Å². The Balaban J connectivity index is 1.91. The molecule has 0 aliphatic rings. The number of fused-ring (bicyclic) bond motifs is 1. The summed E-state index contributed by atoms with van der Waals surface area (Å²) in [6.45, 7) is 4.10. The second kappa shape index (κ2) is 6.68. The van der Waals surface area contributed by atoms with E-state index in [1.54, 1.807) is 41.1 Å². The molecule has 0 radical (unpaired) electrons. The van der Waals surface area contributed by atoms with E-state index in [1.165, 1.54) is 11.3 Å². The highest BCUT2D eigenvalue weighted by molar-refractivity contribution is 7.20. The van der Waals surface area contributed by atoms with Crippen molar-refractivity contribution < 1.29 is 14.7 Å². The molecule has 1 atom stereocenters. The summed E-state index contributed by atoms with van der Waals surface area (Å²) >= 11 is 1.31. The van der Waals surface area contributed by atoms with Crippen molar-refractivity contribution in [2.75, 3.05) is 0 Å². The average molecular weight is 357 g/mol. The van der Waals surface area contributed by atoms with Gasteiger partial charge in [-0.25, -0.2) is 4.79 Å². The fraction of sp³-hybridized carbons (Fsp3) is 0.278. The Bertz CT molecular complexity index is 928. The Morgan fingerprint density at radius 1 is 1.24 bits per heavy atom. The topological polar surface area (TPSA) is 84.2 Å². The van der Waals surface area contributed by atoms with Gasteiger partial charge >= 0.3 is 5.97 Å². The molecular weight excluding hydrogens is 338 g/mol. The first kappa shape index (κ1) is 17.2. The lowest BCUT2D eigenvalue weighted by molar-refractivity contribution is -0.139. The molecule has 3 aromatic rings. The number of aliphatic carboxylic acids is 1. The van der Waals surface area contributed by atoms with Gasteiger partial charge in [-0.1, -0.05) is 44.2 Å². The molecule has 0 saturated carbocycles. The van der Waals surface area contributed by atoms with Crippen LogP contribution in [0.1, 0.15) is 46.7 Å². The number of carboxylic acids is 1. The van der Waals surface area contributed by atoms with Crippen LogP contribution in [0.5, 0.6) is 0 Å². The first-order valence-electron chi connectivity index (χ1n) is 7.93. The Labute approximate surface area is 149 Å². The third-order valence-electron chi connectivity index (χ3n) is 3.97. The smallest absolute Gasteiger partial charge is 0.330 e. The van der Waals surface area contributed by atoms with E-state index in [0.29, 0.717) is 10.4 Å². The van der Waals surface area contributed by atoms with Crippen LogP contribution in [0.3, 0.4) is 0 Å². The molecule has 0 bridgehead atoms. The molecule has 1 aromatic carbocycles. The van der Waals surface area contributed by atoms with Crippen molar-refractivity contribution in [2.24, 2.45) is 7.05 Å². The van der Waals surface area contributed by atoms with E-state index in [-0.39, 0.29) is 5.92 Å². The minimum absolute atomic E-state index is 0.241. The monoisotopic (exact) mass is 357 g/mol. The largest absolute Gasteiger partial charge is 0.479 e. The van der Waals surface area contributed by atoms with E-state index < -0.39 is 17.9 Å². The number of hydrogen-bond donors (Lipinski definition) is 2. The maximum atomic E-state index is 12.6. The second-order valence-electron chi connectivity index (χ2n) is 6.15. The first-order valence-corrected chi connectivity index (χ1v) is 8.75. The minimum atomic E-state index is -1.09. The van der Waals surface area contributed by atoms with Crippen LogP contribution in [0.15, 0.2) is 36.4 Å². The predicted octanol–water partition coefficient (Wildman–Crippen LogP) is 3.31. The van der Waals surface area contributed by atoms with E-state index >= 15 is 0 Å². The molecule has 130 valence electrons. The summed E-state index contributed by atoms with van der Waals surface area (Å²) in [5.41, 5.74) is 1.47. The normalized spacial score (nSPS) is 12.5. The number of thiophene rings is 1. The van der Waals surface area contributed by atoms with Crippen molar-refractivity contribution in [3.8, 4) is 0 Å². The summed E-state index contributed by atoms with van der Waals surface area (Å²) in [4.78, 5) is 25.5. The number of nitrogens with zero attached hydrogens (tertiary/aromatic N) is 2. The molecule has 25 heavy (non-hydrogen) atoms. The van der Waals surface area contributed by atoms with Gasteiger partial charge in [-0.05, 0) is 17.5 Å². The lowest BCUT2D eigenvalue weighted by atomic mass is 10.1. The Morgan fingerprint density at radius 2 is 1.92 bits per heavy atom. The summed E-state index contributed by atoms with van der Waals surface area (Å²) in [6.07, 6.45) is 0. The summed E-state index contributed by atoms with van der Waals surface area (Å²) in [7, 11) is 1.84. The lowest BCUT2D eigenvalue weighted by Gasteiger charge is -2.14. The summed E-state index contributed by atoms with van der Waals surface area (Å²) in [5.74, 6) is -1.25. The molecule has 7 heteroatoms. The van der Waals surface area contributed by atoms with Crippen LogP contribution in [0.25, 0.3) is 10.2 Å². The third-order valence-corrected chi connectivity index (χ3v) is 5.17. The van der Waals surface area contributed by atoms with Crippen molar-refractivity contribution in [1.82, 2.24) is 15.1 Å². The van der Waals surface area contributed by atoms with E-state index in [9.17, 15) is 14.7 Å². The number of hydrogen-bond acceptors (Lipinski definition) is 4. The van der Waals surface area contributed by atoms with Crippen LogP contribution < -0.4 is 5.32 Å². The quantitative estimate of drug-likeness (QED) is 0.734. The molecule has 1 amide bonds. The molecule has 0 aliphatic heterocycles. The van der Waals surface area contributed by atoms with Gasteiger partial charge in [-0.3, -0.25) is 9.48 Å². The minimum Gasteiger partial charge on any atom is -0.479 e. The molecule has 6 nitrogen and oxygen atoms in total. The van der Waals surface area contributed by atoms with Gasteiger partial charge in [0.15, 0.2) is 6.04 Å². The van der Waals surface area contributed by atoms with Gasteiger partial charge in [0.05, 0.1) is 10.6 Å².